The van der Waals surface area contributed by atoms with Crippen LogP contribution in [0.15, 0.2) is 125 Å². The Labute approximate surface area is 249 Å². The molecule has 6 rings (SSSR count). The van der Waals surface area contributed by atoms with Crippen LogP contribution in [0, 0.1) is 0 Å². The molecule has 0 amide bonds. The van der Waals surface area contributed by atoms with Crippen LogP contribution in [0.5, 0.6) is 0 Å². The molecular formula is C33H29AlN4O2S. The van der Waals surface area contributed by atoms with E-state index in [0.29, 0.717) is 11.8 Å². The van der Waals surface area contributed by atoms with E-state index in [4.69, 9.17) is 9.98 Å². The van der Waals surface area contributed by atoms with E-state index < -0.39 is 15.6 Å². The maximum absolute atomic E-state index is 13.0. The van der Waals surface area contributed by atoms with Crippen molar-refractivity contribution in [2.75, 3.05) is 9.54 Å². The molecule has 0 aliphatic carbocycles. The van der Waals surface area contributed by atoms with Gasteiger partial charge in [-0.25, -0.2) is 18.4 Å². The molecule has 0 bridgehead atoms. The lowest BCUT2D eigenvalue weighted by atomic mass is 9.78. The van der Waals surface area contributed by atoms with Gasteiger partial charge in [-0.2, -0.15) is 0 Å². The number of aliphatic imine (C=N–C) groups is 2. The molecule has 0 saturated heterocycles. The summed E-state index contributed by atoms with van der Waals surface area (Å²) in [5, 5.41) is 1.70. The Morgan fingerprint density at radius 1 is 0.780 bits per heavy atom. The Bertz CT molecular complexity index is 1840. The molecule has 5 aromatic rings. The minimum absolute atomic E-state index is 0.447. The van der Waals surface area contributed by atoms with Crippen LogP contribution >= 0.6 is 0 Å². The molecule has 8 heteroatoms. The summed E-state index contributed by atoms with van der Waals surface area (Å²) in [5.74, 6) is 0.921. The maximum atomic E-state index is 13.0. The van der Waals surface area contributed by atoms with Crippen LogP contribution < -0.4 is 3.29 Å². The molecule has 0 N–H and O–H groups in total. The van der Waals surface area contributed by atoms with Gasteiger partial charge in [-0.1, -0.05) is 129 Å². The number of rotatable bonds is 7. The van der Waals surface area contributed by atoms with Crippen LogP contribution in [-0.4, -0.2) is 47.4 Å². The van der Waals surface area contributed by atoms with Crippen molar-refractivity contribution in [3.8, 4) is 11.3 Å². The van der Waals surface area contributed by atoms with Gasteiger partial charge in [-0.15, -0.1) is 0 Å². The third-order valence-electron chi connectivity index (χ3n) is 7.46. The Balaban J connectivity index is 1.76. The second kappa shape index (κ2) is 10.8. The highest BCUT2D eigenvalue weighted by Crippen LogP contribution is 2.44. The molecule has 1 aromatic heterocycles. The quantitative estimate of drug-likeness (QED) is 0.207. The summed E-state index contributed by atoms with van der Waals surface area (Å²) in [6.45, 7) is 2.14. The molecule has 1 aliphatic rings. The first-order valence-corrected chi connectivity index (χ1v) is 16.0. The van der Waals surface area contributed by atoms with Gasteiger partial charge in [0.15, 0.2) is 5.54 Å². The van der Waals surface area contributed by atoms with Crippen LogP contribution in [0.3, 0.4) is 0 Å². The predicted octanol–water partition coefficient (Wildman–Crippen LogP) is 6.56. The zero-order valence-electron chi connectivity index (χ0n) is 23.0. The summed E-state index contributed by atoms with van der Waals surface area (Å²) < 4.78 is 29.3. The molecule has 0 unspecified atom stereocenters. The number of hydrogen-bond acceptors (Lipinski definition) is 4. The van der Waals surface area contributed by atoms with E-state index in [0.717, 1.165) is 51.7 Å². The monoisotopic (exact) mass is 572 g/mol. The lowest BCUT2D eigenvalue weighted by molar-refractivity contribution is 0.603. The normalized spacial score (nSPS) is 14.6. The average Bonchev–Trinajstić information content (AvgIpc) is 3.55. The topological polar surface area (TPSA) is 67.0 Å². The van der Waals surface area contributed by atoms with E-state index in [2.05, 4.69) is 47.7 Å². The van der Waals surface area contributed by atoms with Crippen LogP contribution in [0.4, 0.5) is 5.82 Å². The second-order valence-electron chi connectivity index (χ2n) is 10.1. The van der Waals surface area contributed by atoms with Crippen LogP contribution in [0.25, 0.3) is 22.0 Å². The van der Waals surface area contributed by atoms with Gasteiger partial charge in [0.2, 0.25) is 16.0 Å². The summed E-state index contributed by atoms with van der Waals surface area (Å²) in [5.41, 5.74) is 3.87. The smallest absolute Gasteiger partial charge is 0.340 e. The van der Waals surface area contributed by atoms with E-state index in [1.807, 2.05) is 95.6 Å². The fourth-order valence-electron chi connectivity index (χ4n) is 5.68. The molecule has 0 fully saturated rings. The average molecular weight is 573 g/mol. The van der Waals surface area contributed by atoms with Crippen molar-refractivity contribution in [2.24, 2.45) is 9.98 Å². The molecule has 41 heavy (non-hydrogen) atoms. The Hall–Kier alpha value is -3.96. The number of benzene rings is 4. The third-order valence-corrected chi connectivity index (χ3v) is 9.74. The zero-order valence-corrected chi connectivity index (χ0v) is 24.9. The fourth-order valence-corrected chi connectivity index (χ4v) is 6.43. The van der Waals surface area contributed by atoms with Crippen LogP contribution in [-0.2, 0) is 15.6 Å². The van der Waals surface area contributed by atoms with Crippen molar-refractivity contribution in [2.45, 2.75) is 25.3 Å². The van der Waals surface area contributed by atoms with Gasteiger partial charge in [-0.3, -0.25) is 4.57 Å². The molecule has 6 nitrogen and oxygen atoms in total. The standard InChI is InChI=1S/C33H29N4O2S.Al/c1-3-15-29-33(25-18-9-5-10-19-25,26-20-11-6-12-21-26)35-32(34-29)37-30(24-16-7-4-8-17-24)27-22-13-14-23-28(27)31(37)36-40(2,38)39;/h4-14,16-23H,3,15H2,1-2H3;/q-1;+1. The number of fused-ring (bicyclic) bond motifs is 1. The van der Waals surface area contributed by atoms with E-state index in [-0.39, 0.29) is 0 Å². The lowest BCUT2D eigenvalue weighted by Crippen LogP contribution is -2.33. The minimum Gasteiger partial charge on any atom is -0.372 e. The summed E-state index contributed by atoms with van der Waals surface area (Å²) in [6.07, 6.45) is 2.81. The van der Waals surface area contributed by atoms with Crippen LogP contribution in [0.2, 0.25) is 0 Å². The van der Waals surface area contributed by atoms with Gasteiger partial charge in [0, 0.05) is 10.8 Å². The molecule has 0 spiro atoms. The number of anilines is 1. The number of sulfonamides is 1. The van der Waals surface area contributed by atoms with E-state index in [1.165, 1.54) is 9.54 Å². The summed E-state index contributed by atoms with van der Waals surface area (Å²) in [4.78, 5) is 10.7. The maximum Gasteiger partial charge on any atom is 0.340 e. The van der Waals surface area contributed by atoms with Crippen molar-refractivity contribution < 1.29 is 8.42 Å². The SMILES string of the molecule is CCCC1=NC(n2c(-c3ccccc3)c3ccccc3c2[N]([Al])S(C)(=O)=O)=NC1(c1ccccc1)c1ccccc1. The molecule has 4 aromatic carbocycles. The van der Waals surface area contributed by atoms with Gasteiger partial charge < -0.3 is 3.29 Å². The first-order chi connectivity index (χ1) is 19.9. The van der Waals surface area contributed by atoms with E-state index >= 15 is 0 Å². The van der Waals surface area contributed by atoms with Gasteiger partial charge >= 0.3 is 16.5 Å². The third kappa shape index (κ3) is 4.62. The Kier molecular flexibility index (Phi) is 7.17. The van der Waals surface area contributed by atoms with Gasteiger partial charge in [0.1, 0.15) is 5.82 Å². The van der Waals surface area contributed by atoms with Gasteiger partial charge in [0.25, 0.3) is 0 Å². The van der Waals surface area contributed by atoms with Gasteiger partial charge in [0.05, 0.1) is 17.7 Å². The minimum atomic E-state index is -3.65. The first kappa shape index (κ1) is 27.2. The Morgan fingerprint density at radius 2 is 1.29 bits per heavy atom. The van der Waals surface area contributed by atoms with Crippen molar-refractivity contribution in [3.05, 3.63) is 126 Å². The fraction of sp³-hybridized carbons (Fsp3) is 0.152. The molecule has 2 radical (unpaired) electrons. The number of aromatic nitrogens is 1. The van der Waals surface area contributed by atoms with Crippen LogP contribution in [0.1, 0.15) is 30.9 Å². The molecule has 2 heterocycles. The zero-order chi connectivity index (χ0) is 28.6. The number of nitrogens with zero attached hydrogens (tertiary/aromatic N) is 4. The predicted molar refractivity (Wildman–Crippen MR) is 169 cm³/mol. The molecule has 0 saturated carbocycles. The Morgan fingerprint density at radius 3 is 1.83 bits per heavy atom. The largest absolute Gasteiger partial charge is 0.372 e. The molecule has 202 valence electrons. The molecule has 0 atom stereocenters. The number of hydrogen-bond donors (Lipinski definition) is 0. The highest BCUT2D eigenvalue weighted by atomic mass is 32.2. The summed E-state index contributed by atoms with van der Waals surface area (Å²) in [6, 6.07) is 38.3. The van der Waals surface area contributed by atoms with Crippen molar-refractivity contribution in [1.82, 2.24) is 4.57 Å². The molecular weight excluding hydrogens is 543 g/mol. The van der Waals surface area contributed by atoms with Crippen molar-refractivity contribution in [1.29, 1.82) is 0 Å². The van der Waals surface area contributed by atoms with Gasteiger partial charge in [-0.05, 0) is 23.1 Å². The van der Waals surface area contributed by atoms with E-state index in [9.17, 15) is 8.42 Å². The van der Waals surface area contributed by atoms with Crippen molar-refractivity contribution >= 4 is 54.8 Å². The summed E-state index contributed by atoms with van der Waals surface area (Å²) in [7, 11) is -3.65. The molecule has 1 aliphatic heterocycles. The van der Waals surface area contributed by atoms with E-state index in [1.54, 1.807) is 0 Å². The lowest BCUT2D eigenvalue weighted by Gasteiger charge is -2.29. The highest BCUT2D eigenvalue weighted by Gasteiger charge is 2.44. The second-order valence-corrected chi connectivity index (χ2v) is 12.9. The highest BCUT2D eigenvalue weighted by molar-refractivity contribution is 7.93. The first-order valence-electron chi connectivity index (χ1n) is 13.6. The van der Waals surface area contributed by atoms with Crippen molar-refractivity contribution in [3.63, 3.8) is 0 Å². The summed E-state index contributed by atoms with van der Waals surface area (Å²) >= 11 is 2.39.